The van der Waals surface area contributed by atoms with E-state index in [2.05, 4.69) is 35.8 Å². The first-order valence-corrected chi connectivity index (χ1v) is 8.60. The van der Waals surface area contributed by atoms with Crippen molar-refractivity contribution >= 4 is 5.91 Å². The Bertz CT molecular complexity index is 809. The van der Waals surface area contributed by atoms with E-state index < -0.39 is 0 Å². The van der Waals surface area contributed by atoms with E-state index in [0.29, 0.717) is 13.0 Å². The van der Waals surface area contributed by atoms with Crippen molar-refractivity contribution in [3.63, 3.8) is 0 Å². The van der Waals surface area contributed by atoms with Gasteiger partial charge in [-0.15, -0.1) is 0 Å². The zero-order chi connectivity index (χ0) is 17.6. The van der Waals surface area contributed by atoms with Crippen LogP contribution in [0.5, 0.6) is 0 Å². The van der Waals surface area contributed by atoms with Crippen molar-refractivity contribution in [3.05, 3.63) is 95.8 Å². The molecule has 1 atom stereocenters. The fourth-order valence-corrected chi connectivity index (χ4v) is 3.10. The summed E-state index contributed by atoms with van der Waals surface area (Å²) in [6.45, 7) is 2.71. The molecule has 128 valence electrons. The molecule has 3 nitrogen and oxygen atoms in total. The molecule has 0 saturated heterocycles. The number of carbonyl (C=O) groups is 1. The van der Waals surface area contributed by atoms with Crippen LogP contribution in [0.15, 0.2) is 79.1 Å². The van der Waals surface area contributed by atoms with Crippen LogP contribution in [0.2, 0.25) is 0 Å². The summed E-state index contributed by atoms with van der Waals surface area (Å²) in [5, 5.41) is 0. The molecule has 3 aromatic rings. The summed E-state index contributed by atoms with van der Waals surface area (Å²) in [4.78, 5) is 14.6. The first-order valence-electron chi connectivity index (χ1n) is 8.60. The number of hydrogen-bond donors (Lipinski definition) is 0. The van der Waals surface area contributed by atoms with Gasteiger partial charge < -0.3 is 9.47 Å². The molecule has 1 heterocycles. The Balaban J connectivity index is 1.77. The predicted molar refractivity (Wildman–Crippen MR) is 101 cm³/mol. The van der Waals surface area contributed by atoms with E-state index in [4.69, 9.17) is 0 Å². The molecule has 1 aromatic heterocycles. The monoisotopic (exact) mass is 332 g/mol. The van der Waals surface area contributed by atoms with E-state index in [0.717, 1.165) is 11.1 Å². The molecule has 0 radical (unpaired) electrons. The number of rotatable bonds is 6. The number of amides is 1. The lowest BCUT2D eigenvalue weighted by Gasteiger charge is -2.24. The molecule has 0 N–H and O–H groups in total. The van der Waals surface area contributed by atoms with Gasteiger partial charge in [-0.2, -0.15) is 0 Å². The molecule has 0 fully saturated rings. The van der Waals surface area contributed by atoms with Crippen LogP contribution < -0.4 is 0 Å². The van der Waals surface area contributed by atoms with Gasteiger partial charge in [-0.1, -0.05) is 60.2 Å². The molecule has 0 aliphatic carbocycles. The number of aromatic nitrogens is 1. The van der Waals surface area contributed by atoms with Gasteiger partial charge in [-0.3, -0.25) is 4.79 Å². The minimum Gasteiger partial charge on any atom is -0.346 e. The second kappa shape index (κ2) is 7.84. The van der Waals surface area contributed by atoms with Gasteiger partial charge in [-0.05, 0) is 30.2 Å². The minimum absolute atomic E-state index is 0.0145. The van der Waals surface area contributed by atoms with Crippen LogP contribution in [0.25, 0.3) is 0 Å². The fourth-order valence-electron chi connectivity index (χ4n) is 3.10. The first-order chi connectivity index (χ1) is 12.1. The van der Waals surface area contributed by atoms with E-state index in [1.54, 1.807) is 0 Å². The molecular weight excluding hydrogens is 308 g/mol. The highest BCUT2D eigenvalue weighted by Crippen LogP contribution is 2.24. The summed E-state index contributed by atoms with van der Waals surface area (Å²) >= 11 is 0. The number of aryl methyl sites for hydroxylation is 1. The summed E-state index contributed by atoms with van der Waals surface area (Å²) in [7, 11) is 1.87. The second-order valence-electron chi connectivity index (χ2n) is 6.50. The minimum atomic E-state index is 0.0145. The summed E-state index contributed by atoms with van der Waals surface area (Å²) in [5.41, 5.74) is 3.52. The molecule has 2 aromatic carbocycles. The van der Waals surface area contributed by atoms with Gasteiger partial charge in [0.05, 0.1) is 12.5 Å². The molecule has 0 saturated carbocycles. The highest BCUT2D eigenvalue weighted by Gasteiger charge is 2.20. The molecule has 1 unspecified atom stereocenters. The summed E-state index contributed by atoms with van der Waals surface area (Å²) in [5.74, 6) is 0.143. The number of carbonyl (C=O) groups excluding carboxylic acids is 1. The molecule has 0 spiro atoms. The van der Waals surface area contributed by atoms with Gasteiger partial charge >= 0.3 is 0 Å². The average Bonchev–Trinajstić information content (AvgIpc) is 3.14. The van der Waals surface area contributed by atoms with Crippen molar-refractivity contribution in [1.29, 1.82) is 0 Å². The normalized spacial score (nSPS) is 11.9. The highest BCUT2D eigenvalue weighted by molar-refractivity contribution is 5.76. The predicted octanol–water partition coefficient (Wildman–Crippen LogP) is 4.43. The third-order valence-corrected chi connectivity index (χ3v) is 4.47. The second-order valence-corrected chi connectivity index (χ2v) is 6.50. The van der Waals surface area contributed by atoms with Crippen LogP contribution in [0.4, 0.5) is 0 Å². The Labute approximate surface area is 149 Å². The van der Waals surface area contributed by atoms with Gasteiger partial charge in [0.2, 0.25) is 5.91 Å². The van der Waals surface area contributed by atoms with Gasteiger partial charge in [0.1, 0.15) is 0 Å². The molecule has 3 heteroatoms. The highest BCUT2D eigenvalue weighted by atomic mass is 16.2. The zero-order valence-electron chi connectivity index (χ0n) is 14.8. The molecule has 0 aliphatic rings. The first kappa shape index (κ1) is 17.0. The summed E-state index contributed by atoms with van der Waals surface area (Å²) in [6.07, 6.45) is 4.50. The Kier molecular flexibility index (Phi) is 5.34. The average molecular weight is 332 g/mol. The molecule has 25 heavy (non-hydrogen) atoms. The van der Waals surface area contributed by atoms with Crippen LogP contribution in [-0.2, 0) is 11.3 Å². The largest absolute Gasteiger partial charge is 0.346 e. The number of hydrogen-bond acceptors (Lipinski definition) is 1. The quantitative estimate of drug-likeness (QED) is 0.655. The Morgan fingerprint density at radius 2 is 1.72 bits per heavy atom. The van der Waals surface area contributed by atoms with Crippen LogP contribution >= 0.6 is 0 Å². The van der Waals surface area contributed by atoms with Crippen LogP contribution in [0.1, 0.15) is 29.2 Å². The van der Waals surface area contributed by atoms with E-state index >= 15 is 0 Å². The van der Waals surface area contributed by atoms with Gasteiger partial charge in [-0.25, -0.2) is 0 Å². The van der Waals surface area contributed by atoms with Gasteiger partial charge in [0.15, 0.2) is 0 Å². The van der Waals surface area contributed by atoms with Crippen molar-refractivity contribution in [2.75, 3.05) is 7.05 Å². The van der Waals surface area contributed by atoms with Crippen molar-refractivity contribution in [3.8, 4) is 0 Å². The SMILES string of the molecule is Cc1cccc(C(CC(=O)N(C)Cc2ccccc2)n2cccc2)c1. The third-order valence-electron chi connectivity index (χ3n) is 4.47. The van der Waals surface area contributed by atoms with Crippen LogP contribution in [0, 0.1) is 6.92 Å². The van der Waals surface area contributed by atoms with Crippen LogP contribution in [0.3, 0.4) is 0 Å². The molecule has 1 amide bonds. The van der Waals surface area contributed by atoms with E-state index in [-0.39, 0.29) is 11.9 Å². The maximum absolute atomic E-state index is 12.8. The van der Waals surface area contributed by atoms with Crippen molar-refractivity contribution < 1.29 is 4.79 Å². The van der Waals surface area contributed by atoms with Crippen molar-refractivity contribution in [1.82, 2.24) is 9.47 Å². The number of nitrogens with zero attached hydrogens (tertiary/aromatic N) is 2. The van der Waals surface area contributed by atoms with Crippen molar-refractivity contribution in [2.45, 2.75) is 25.9 Å². The molecular formula is C22H24N2O. The summed E-state index contributed by atoms with van der Waals surface area (Å²) < 4.78 is 2.11. The number of benzene rings is 2. The Morgan fingerprint density at radius 3 is 2.40 bits per heavy atom. The molecule has 0 aliphatic heterocycles. The third kappa shape index (κ3) is 4.38. The molecule has 0 bridgehead atoms. The Morgan fingerprint density at radius 1 is 1.00 bits per heavy atom. The van der Waals surface area contributed by atoms with E-state index in [9.17, 15) is 4.79 Å². The smallest absolute Gasteiger partial charge is 0.225 e. The standard InChI is InChI=1S/C22H24N2O/c1-18-9-8-12-20(15-18)21(24-13-6-7-14-24)16-22(25)23(2)17-19-10-4-3-5-11-19/h3-15,21H,16-17H2,1-2H3. The molecule has 3 rings (SSSR count). The lowest BCUT2D eigenvalue weighted by molar-refractivity contribution is -0.131. The fraction of sp³-hybridized carbons (Fsp3) is 0.227. The van der Waals surface area contributed by atoms with E-state index in [1.165, 1.54) is 5.56 Å². The topological polar surface area (TPSA) is 25.2 Å². The lowest BCUT2D eigenvalue weighted by Crippen LogP contribution is -2.29. The van der Waals surface area contributed by atoms with Crippen molar-refractivity contribution in [2.24, 2.45) is 0 Å². The van der Waals surface area contributed by atoms with E-state index in [1.807, 2.05) is 66.8 Å². The maximum atomic E-state index is 12.8. The van der Waals surface area contributed by atoms with Gasteiger partial charge in [0.25, 0.3) is 0 Å². The maximum Gasteiger partial charge on any atom is 0.225 e. The lowest BCUT2D eigenvalue weighted by atomic mass is 10.0. The zero-order valence-corrected chi connectivity index (χ0v) is 14.8. The van der Waals surface area contributed by atoms with Crippen LogP contribution in [-0.4, -0.2) is 22.4 Å². The van der Waals surface area contributed by atoms with Gasteiger partial charge in [0, 0.05) is 26.0 Å². The Hall–Kier alpha value is -2.81. The summed E-state index contributed by atoms with van der Waals surface area (Å²) in [6, 6.07) is 22.5.